The highest BCUT2D eigenvalue weighted by Gasteiger charge is 2.25. The molecule has 0 saturated heterocycles. The van der Waals surface area contributed by atoms with Crippen LogP contribution in [0.4, 0.5) is 5.82 Å². The van der Waals surface area contributed by atoms with Gasteiger partial charge in [-0.05, 0) is 41.6 Å². The van der Waals surface area contributed by atoms with E-state index >= 15 is 0 Å². The van der Waals surface area contributed by atoms with Crippen LogP contribution >= 0.6 is 15.9 Å². The minimum atomic E-state index is 0.515. The van der Waals surface area contributed by atoms with Gasteiger partial charge in [-0.3, -0.25) is 0 Å². The van der Waals surface area contributed by atoms with E-state index in [1.165, 1.54) is 76.3 Å². The Hall–Kier alpha value is -0.640. The van der Waals surface area contributed by atoms with E-state index in [9.17, 15) is 0 Å². The number of hydrogen-bond acceptors (Lipinski definition) is 3. The van der Waals surface area contributed by atoms with Gasteiger partial charge in [0.25, 0.3) is 0 Å². The van der Waals surface area contributed by atoms with Crippen LogP contribution in [0.5, 0.6) is 0 Å². The highest BCUT2D eigenvalue weighted by Crippen LogP contribution is 2.39. The van der Waals surface area contributed by atoms with Crippen molar-refractivity contribution in [1.82, 2.24) is 9.97 Å². The molecule has 2 aliphatic carbocycles. The number of anilines is 1. The Morgan fingerprint density at radius 3 is 1.95 bits per heavy atom. The van der Waals surface area contributed by atoms with Crippen LogP contribution < -0.4 is 5.73 Å². The van der Waals surface area contributed by atoms with E-state index in [0.717, 1.165) is 10.3 Å². The Bertz CT molecular complexity index is 475. The number of rotatable bonds is 2. The number of aromatic nitrogens is 2. The van der Waals surface area contributed by atoms with Crippen molar-refractivity contribution >= 4 is 21.7 Å². The quantitative estimate of drug-likeness (QED) is 0.785. The van der Waals surface area contributed by atoms with Crippen LogP contribution in [-0.4, -0.2) is 9.97 Å². The average Bonchev–Trinajstić information content (AvgIpc) is 2.95. The molecule has 0 radical (unpaired) electrons. The predicted octanol–water partition coefficient (Wildman–Crippen LogP) is 5.31. The normalized spacial score (nSPS) is 22.1. The summed E-state index contributed by atoms with van der Waals surface area (Å²) in [5.41, 5.74) is 7.35. The van der Waals surface area contributed by atoms with Crippen molar-refractivity contribution in [3.8, 4) is 0 Å². The summed E-state index contributed by atoms with van der Waals surface area (Å²) in [5.74, 6) is 2.75. The van der Waals surface area contributed by atoms with Gasteiger partial charge >= 0.3 is 0 Å². The van der Waals surface area contributed by atoms with Crippen molar-refractivity contribution in [3.05, 3.63) is 16.0 Å². The summed E-state index contributed by atoms with van der Waals surface area (Å²) in [6, 6.07) is 0. The van der Waals surface area contributed by atoms with Gasteiger partial charge in [0.05, 0.1) is 10.2 Å². The first-order valence-corrected chi connectivity index (χ1v) is 9.38. The number of nitrogens with zero attached hydrogens (tertiary/aromatic N) is 2. The lowest BCUT2D eigenvalue weighted by molar-refractivity contribution is 0.440. The number of nitrogens with two attached hydrogens (primary N) is 1. The molecule has 0 unspecified atom stereocenters. The molecular weight excluding hydrogens is 326 g/mol. The topological polar surface area (TPSA) is 51.8 Å². The summed E-state index contributed by atoms with van der Waals surface area (Å²) < 4.78 is 0.948. The zero-order valence-corrected chi connectivity index (χ0v) is 14.4. The maximum atomic E-state index is 6.17. The van der Waals surface area contributed by atoms with E-state index in [0.29, 0.717) is 17.7 Å². The Balaban J connectivity index is 1.86. The van der Waals surface area contributed by atoms with Gasteiger partial charge < -0.3 is 5.73 Å². The molecule has 2 aliphatic rings. The molecule has 2 saturated carbocycles. The lowest BCUT2D eigenvalue weighted by atomic mass is 9.90. The summed E-state index contributed by atoms with van der Waals surface area (Å²) in [5, 5.41) is 0. The average molecular weight is 352 g/mol. The highest BCUT2D eigenvalue weighted by molar-refractivity contribution is 9.10. The van der Waals surface area contributed by atoms with E-state index in [2.05, 4.69) is 20.9 Å². The zero-order valence-electron chi connectivity index (χ0n) is 12.8. The molecule has 4 heteroatoms. The summed E-state index contributed by atoms with van der Waals surface area (Å²) >= 11 is 3.63. The largest absolute Gasteiger partial charge is 0.383 e. The predicted molar refractivity (Wildman–Crippen MR) is 90.4 cm³/mol. The zero-order chi connectivity index (χ0) is 14.7. The van der Waals surface area contributed by atoms with E-state index in [1.807, 2.05) is 0 Å². The maximum absolute atomic E-state index is 6.17. The van der Waals surface area contributed by atoms with E-state index in [-0.39, 0.29) is 0 Å². The SMILES string of the molecule is Nc1nc(C2CCCCCCC2)nc(C2CCCC2)c1Br. The first kappa shape index (κ1) is 15.3. The molecule has 1 aromatic rings. The van der Waals surface area contributed by atoms with Crippen LogP contribution in [0.25, 0.3) is 0 Å². The van der Waals surface area contributed by atoms with Crippen LogP contribution in [0.1, 0.15) is 94.0 Å². The van der Waals surface area contributed by atoms with Gasteiger partial charge in [0.15, 0.2) is 0 Å². The first-order valence-electron chi connectivity index (χ1n) is 8.58. The molecule has 1 aromatic heterocycles. The third-order valence-electron chi connectivity index (χ3n) is 5.13. The smallest absolute Gasteiger partial charge is 0.141 e. The van der Waals surface area contributed by atoms with Gasteiger partial charge in [0, 0.05) is 11.8 Å². The van der Waals surface area contributed by atoms with Crippen molar-refractivity contribution in [2.75, 3.05) is 5.73 Å². The first-order chi connectivity index (χ1) is 10.3. The molecule has 0 spiro atoms. The van der Waals surface area contributed by atoms with Crippen LogP contribution in [-0.2, 0) is 0 Å². The van der Waals surface area contributed by atoms with Crippen LogP contribution in [0.3, 0.4) is 0 Å². The molecule has 0 bridgehead atoms. The van der Waals surface area contributed by atoms with Gasteiger partial charge in [-0.1, -0.05) is 44.9 Å². The fraction of sp³-hybridized carbons (Fsp3) is 0.765. The highest BCUT2D eigenvalue weighted by atomic mass is 79.9. The second-order valence-corrected chi connectivity index (χ2v) is 7.48. The molecule has 0 amide bonds. The number of halogens is 1. The van der Waals surface area contributed by atoms with Crippen molar-refractivity contribution in [2.24, 2.45) is 0 Å². The Labute approximate surface area is 136 Å². The lowest BCUT2D eigenvalue weighted by Crippen LogP contribution is -2.12. The van der Waals surface area contributed by atoms with Crippen LogP contribution in [0.2, 0.25) is 0 Å². The molecule has 2 fully saturated rings. The van der Waals surface area contributed by atoms with Gasteiger partial charge in [-0.15, -0.1) is 0 Å². The van der Waals surface area contributed by atoms with Gasteiger partial charge in [0.1, 0.15) is 11.6 Å². The van der Waals surface area contributed by atoms with E-state index < -0.39 is 0 Å². The van der Waals surface area contributed by atoms with Crippen molar-refractivity contribution in [3.63, 3.8) is 0 Å². The fourth-order valence-corrected chi connectivity index (χ4v) is 4.37. The molecule has 21 heavy (non-hydrogen) atoms. The molecule has 2 N–H and O–H groups in total. The summed E-state index contributed by atoms with van der Waals surface area (Å²) in [6.07, 6.45) is 14.3. The van der Waals surface area contributed by atoms with Crippen molar-refractivity contribution in [2.45, 2.75) is 82.5 Å². The van der Waals surface area contributed by atoms with Gasteiger partial charge in [-0.2, -0.15) is 0 Å². The van der Waals surface area contributed by atoms with Crippen LogP contribution in [0.15, 0.2) is 4.47 Å². The second kappa shape index (κ2) is 7.08. The maximum Gasteiger partial charge on any atom is 0.141 e. The Morgan fingerprint density at radius 2 is 1.29 bits per heavy atom. The minimum Gasteiger partial charge on any atom is -0.383 e. The molecule has 116 valence electrons. The fourth-order valence-electron chi connectivity index (χ4n) is 3.87. The molecule has 0 atom stereocenters. The molecule has 3 nitrogen and oxygen atoms in total. The second-order valence-electron chi connectivity index (χ2n) is 6.69. The minimum absolute atomic E-state index is 0.515. The summed E-state index contributed by atoms with van der Waals surface area (Å²) in [6.45, 7) is 0. The Kier molecular flexibility index (Phi) is 5.15. The molecular formula is C17H26BrN3. The summed E-state index contributed by atoms with van der Waals surface area (Å²) in [4.78, 5) is 9.59. The third kappa shape index (κ3) is 3.58. The number of hydrogen-bond donors (Lipinski definition) is 1. The van der Waals surface area contributed by atoms with Crippen LogP contribution in [0, 0.1) is 0 Å². The standard InChI is InChI=1S/C17H26BrN3/c18-14-15(12-8-6-7-9-12)20-17(21-16(14)19)13-10-4-2-1-3-5-11-13/h12-13H,1-11H2,(H2,19,20,21). The Morgan fingerprint density at radius 1 is 0.762 bits per heavy atom. The lowest BCUT2D eigenvalue weighted by Gasteiger charge is -2.21. The van der Waals surface area contributed by atoms with Gasteiger partial charge in [0.2, 0.25) is 0 Å². The monoisotopic (exact) mass is 351 g/mol. The molecule has 3 rings (SSSR count). The van der Waals surface area contributed by atoms with Gasteiger partial charge in [-0.25, -0.2) is 9.97 Å². The van der Waals surface area contributed by atoms with Crippen molar-refractivity contribution < 1.29 is 0 Å². The molecule has 1 heterocycles. The van der Waals surface area contributed by atoms with E-state index in [4.69, 9.17) is 10.7 Å². The third-order valence-corrected chi connectivity index (χ3v) is 5.94. The van der Waals surface area contributed by atoms with E-state index in [1.54, 1.807) is 0 Å². The van der Waals surface area contributed by atoms with Crippen molar-refractivity contribution in [1.29, 1.82) is 0 Å². The molecule has 0 aliphatic heterocycles. The molecule has 0 aromatic carbocycles. The number of nitrogen functional groups attached to an aromatic ring is 1. The summed E-state index contributed by atoms with van der Waals surface area (Å²) in [7, 11) is 0.